The third-order valence-corrected chi connectivity index (χ3v) is 2.10. The molecule has 1 aromatic rings. The first-order valence-electron chi connectivity index (χ1n) is 5.46. The number of pyridine rings is 1. The number of nitrogens with zero attached hydrogens (tertiary/aromatic N) is 3. The first-order valence-corrected chi connectivity index (χ1v) is 5.46. The standard InChI is InChI=1S/C12H15N3O3/c1-4-18-12(16)11(15-17)9(3)14-10-6-5-8(2)13-7-10/h5-7,17H,4H2,1-3H3/b14-9+,15-11-. The molecule has 96 valence electrons. The Morgan fingerprint density at radius 3 is 2.72 bits per heavy atom. The van der Waals surface area contributed by atoms with Gasteiger partial charge < -0.3 is 9.94 Å². The molecule has 1 aromatic heterocycles. The topological polar surface area (TPSA) is 84.1 Å². The highest BCUT2D eigenvalue weighted by atomic mass is 16.5. The van der Waals surface area contributed by atoms with Crippen LogP contribution in [0.15, 0.2) is 28.5 Å². The summed E-state index contributed by atoms with van der Waals surface area (Å²) in [6, 6.07) is 3.55. The van der Waals surface area contributed by atoms with E-state index in [0.29, 0.717) is 5.69 Å². The molecular formula is C12H15N3O3. The maximum atomic E-state index is 11.5. The summed E-state index contributed by atoms with van der Waals surface area (Å²) in [4.78, 5) is 19.7. The van der Waals surface area contributed by atoms with Crippen LogP contribution in [-0.4, -0.2) is 34.2 Å². The number of aromatic nitrogens is 1. The van der Waals surface area contributed by atoms with E-state index in [1.807, 2.05) is 6.92 Å². The van der Waals surface area contributed by atoms with E-state index in [0.717, 1.165) is 5.69 Å². The number of oxime groups is 1. The number of esters is 1. The third-order valence-electron chi connectivity index (χ3n) is 2.10. The van der Waals surface area contributed by atoms with Gasteiger partial charge in [0.25, 0.3) is 0 Å². The molecule has 0 saturated heterocycles. The van der Waals surface area contributed by atoms with Crippen molar-refractivity contribution in [1.82, 2.24) is 4.98 Å². The number of carbonyl (C=O) groups is 1. The molecular weight excluding hydrogens is 234 g/mol. The minimum atomic E-state index is -0.707. The van der Waals surface area contributed by atoms with E-state index >= 15 is 0 Å². The fourth-order valence-corrected chi connectivity index (χ4v) is 1.23. The van der Waals surface area contributed by atoms with Crippen LogP contribution in [-0.2, 0) is 9.53 Å². The SMILES string of the molecule is CCOC(=O)C(=N\O)/C(C)=N/c1ccc(C)nc1. The second-order valence-electron chi connectivity index (χ2n) is 3.52. The Hall–Kier alpha value is -2.24. The van der Waals surface area contributed by atoms with E-state index in [4.69, 9.17) is 9.94 Å². The van der Waals surface area contributed by atoms with Crippen molar-refractivity contribution < 1.29 is 14.7 Å². The number of hydrogen-bond acceptors (Lipinski definition) is 6. The van der Waals surface area contributed by atoms with Gasteiger partial charge in [-0.05, 0) is 32.9 Å². The quantitative estimate of drug-likeness (QED) is 0.382. The zero-order valence-electron chi connectivity index (χ0n) is 10.5. The Morgan fingerprint density at radius 2 is 2.22 bits per heavy atom. The van der Waals surface area contributed by atoms with E-state index in [2.05, 4.69) is 15.1 Å². The van der Waals surface area contributed by atoms with Gasteiger partial charge in [0.2, 0.25) is 5.71 Å². The molecule has 6 heteroatoms. The number of aliphatic imine (C=N–C) groups is 1. The normalized spacial score (nSPS) is 12.4. The van der Waals surface area contributed by atoms with Gasteiger partial charge in [0.15, 0.2) is 0 Å². The number of rotatable bonds is 4. The van der Waals surface area contributed by atoms with E-state index in [-0.39, 0.29) is 18.0 Å². The Kier molecular flexibility index (Phi) is 4.98. The van der Waals surface area contributed by atoms with Gasteiger partial charge in [0.1, 0.15) is 0 Å². The summed E-state index contributed by atoms with van der Waals surface area (Å²) in [6.07, 6.45) is 1.57. The van der Waals surface area contributed by atoms with Crippen LogP contribution in [0.2, 0.25) is 0 Å². The predicted octanol–water partition coefficient (Wildman–Crippen LogP) is 1.88. The molecule has 0 aliphatic rings. The summed E-state index contributed by atoms with van der Waals surface area (Å²) in [5, 5.41) is 11.7. The minimum Gasteiger partial charge on any atom is -0.461 e. The highest BCUT2D eigenvalue weighted by Crippen LogP contribution is 2.10. The molecule has 1 rings (SSSR count). The van der Waals surface area contributed by atoms with E-state index in [1.165, 1.54) is 0 Å². The van der Waals surface area contributed by atoms with Gasteiger partial charge in [0.05, 0.1) is 24.2 Å². The second-order valence-corrected chi connectivity index (χ2v) is 3.52. The van der Waals surface area contributed by atoms with Crippen LogP contribution < -0.4 is 0 Å². The lowest BCUT2D eigenvalue weighted by molar-refractivity contribution is -0.134. The van der Waals surface area contributed by atoms with Gasteiger partial charge in [-0.1, -0.05) is 5.16 Å². The van der Waals surface area contributed by atoms with Crippen molar-refractivity contribution in [1.29, 1.82) is 0 Å². The van der Waals surface area contributed by atoms with Gasteiger partial charge in [-0.15, -0.1) is 0 Å². The van der Waals surface area contributed by atoms with E-state index < -0.39 is 5.97 Å². The Bertz CT molecular complexity index is 478. The predicted molar refractivity (Wildman–Crippen MR) is 67.6 cm³/mol. The molecule has 6 nitrogen and oxygen atoms in total. The largest absolute Gasteiger partial charge is 0.461 e. The Labute approximate surface area is 105 Å². The van der Waals surface area contributed by atoms with Gasteiger partial charge >= 0.3 is 5.97 Å². The Balaban J connectivity index is 2.94. The van der Waals surface area contributed by atoms with E-state index in [9.17, 15) is 4.79 Å². The van der Waals surface area contributed by atoms with Crippen molar-refractivity contribution >= 4 is 23.1 Å². The molecule has 0 bridgehead atoms. The molecule has 0 unspecified atom stereocenters. The summed E-state index contributed by atoms with van der Waals surface area (Å²) < 4.78 is 4.75. The maximum absolute atomic E-state index is 11.5. The molecule has 0 spiro atoms. The van der Waals surface area contributed by atoms with Crippen LogP contribution >= 0.6 is 0 Å². The van der Waals surface area contributed by atoms with Gasteiger partial charge in [-0.3, -0.25) is 4.98 Å². The minimum absolute atomic E-state index is 0.206. The van der Waals surface area contributed by atoms with Crippen molar-refractivity contribution in [2.45, 2.75) is 20.8 Å². The molecule has 0 aliphatic carbocycles. The van der Waals surface area contributed by atoms with Crippen LogP contribution in [0.1, 0.15) is 19.5 Å². The molecule has 18 heavy (non-hydrogen) atoms. The van der Waals surface area contributed by atoms with Crippen molar-refractivity contribution in [3.63, 3.8) is 0 Å². The van der Waals surface area contributed by atoms with Gasteiger partial charge in [-0.2, -0.15) is 0 Å². The summed E-state index contributed by atoms with van der Waals surface area (Å²) in [7, 11) is 0. The molecule has 0 saturated carbocycles. The summed E-state index contributed by atoms with van der Waals surface area (Å²) >= 11 is 0. The molecule has 0 aromatic carbocycles. The highest BCUT2D eigenvalue weighted by molar-refractivity contribution is 6.65. The van der Waals surface area contributed by atoms with Crippen molar-refractivity contribution in [2.75, 3.05) is 6.61 Å². The zero-order valence-corrected chi connectivity index (χ0v) is 10.5. The van der Waals surface area contributed by atoms with Gasteiger partial charge in [-0.25, -0.2) is 9.79 Å². The number of hydrogen-bond donors (Lipinski definition) is 1. The third kappa shape index (κ3) is 3.65. The molecule has 0 fully saturated rings. The molecule has 0 atom stereocenters. The number of carbonyl (C=O) groups excluding carboxylic acids is 1. The Morgan fingerprint density at radius 1 is 1.50 bits per heavy atom. The zero-order chi connectivity index (χ0) is 13.5. The second kappa shape index (κ2) is 6.48. The van der Waals surface area contributed by atoms with Crippen molar-refractivity contribution in [3.8, 4) is 0 Å². The highest BCUT2D eigenvalue weighted by Gasteiger charge is 2.16. The molecule has 0 radical (unpaired) electrons. The van der Waals surface area contributed by atoms with Crippen molar-refractivity contribution in [2.24, 2.45) is 10.1 Å². The lowest BCUT2D eigenvalue weighted by Crippen LogP contribution is -2.24. The smallest absolute Gasteiger partial charge is 0.362 e. The van der Waals surface area contributed by atoms with Crippen LogP contribution in [0, 0.1) is 6.92 Å². The van der Waals surface area contributed by atoms with Crippen LogP contribution in [0.3, 0.4) is 0 Å². The lowest BCUT2D eigenvalue weighted by atomic mass is 10.2. The average molecular weight is 249 g/mol. The maximum Gasteiger partial charge on any atom is 0.362 e. The monoisotopic (exact) mass is 249 g/mol. The molecule has 1 N–H and O–H groups in total. The van der Waals surface area contributed by atoms with Crippen LogP contribution in [0.5, 0.6) is 0 Å². The fraction of sp³-hybridized carbons (Fsp3) is 0.333. The summed E-state index contributed by atoms with van der Waals surface area (Å²) in [5.41, 5.74) is 1.50. The van der Waals surface area contributed by atoms with Gasteiger partial charge in [0, 0.05) is 5.69 Å². The molecule has 1 heterocycles. The van der Waals surface area contributed by atoms with E-state index in [1.54, 1.807) is 32.2 Å². The van der Waals surface area contributed by atoms with Crippen LogP contribution in [0.25, 0.3) is 0 Å². The summed E-state index contributed by atoms with van der Waals surface area (Å²) in [5.74, 6) is -0.707. The summed E-state index contributed by atoms with van der Waals surface area (Å²) in [6.45, 7) is 5.30. The average Bonchev–Trinajstić information content (AvgIpc) is 2.33. The van der Waals surface area contributed by atoms with Crippen LogP contribution in [0.4, 0.5) is 5.69 Å². The number of ether oxygens (including phenoxy) is 1. The fourth-order valence-electron chi connectivity index (χ4n) is 1.23. The first kappa shape index (κ1) is 13.8. The molecule has 0 aliphatic heterocycles. The molecule has 0 amide bonds. The number of aryl methyl sites for hydroxylation is 1. The first-order chi connectivity index (χ1) is 8.58. The lowest BCUT2D eigenvalue weighted by Gasteiger charge is -2.03. The van der Waals surface area contributed by atoms with Crippen molar-refractivity contribution in [3.05, 3.63) is 24.0 Å².